The molecule has 0 amide bonds. The highest BCUT2D eigenvalue weighted by atomic mass is 35.5. The Morgan fingerprint density at radius 2 is 2.00 bits per heavy atom. The summed E-state index contributed by atoms with van der Waals surface area (Å²) in [4.78, 5) is 4.63. The van der Waals surface area contributed by atoms with Gasteiger partial charge in [-0.3, -0.25) is 0 Å². The quantitative estimate of drug-likeness (QED) is 0.772. The van der Waals surface area contributed by atoms with Crippen molar-refractivity contribution in [1.82, 2.24) is 29.9 Å². The third-order valence-electron chi connectivity index (χ3n) is 4.28. The van der Waals surface area contributed by atoms with Crippen molar-refractivity contribution in [2.75, 3.05) is 0 Å². The molecule has 0 saturated heterocycles. The van der Waals surface area contributed by atoms with Crippen LogP contribution in [0.3, 0.4) is 0 Å². The van der Waals surface area contributed by atoms with Crippen LogP contribution in [0.1, 0.15) is 35.9 Å². The fraction of sp³-hybridized carbons (Fsp3) is 0.353. The molecule has 2 aromatic heterocycles. The van der Waals surface area contributed by atoms with Crippen molar-refractivity contribution in [3.8, 4) is 5.69 Å². The van der Waals surface area contributed by atoms with E-state index in [0.29, 0.717) is 11.6 Å². The van der Waals surface area contributed by atoms with Gasteiger partial charge in [-0.05, 0) is 32.9 Å². The van der Waals surface area contributed by atoms with Gasteiger partial charge in [0.05, 0.1) is 28.3 Å². The first-order valence-electron chi connectivity index (χ1n) is 7.86. The topological polar surface area (TPSA) is 60.6 Å². The lowest BCUT2D eigenvalue weighted by molar-refractivity contribution is 0.553. The first-order valence-corrected chi connectivity index (χ1v) is 8.24. The highest BCUT2D eigenvalue weighted by Gasteiger charge is 2.15. The predicted molar refractivity (Wildman–Crippen MR) is 94.3 cm³/mol. The van der Waals surface area contributed by atoms with Crippen LogP contribution >= 0.6 is 11.6 Å². The Labute approximate surface area is 146 Å². The second-order valence-corrected chi connectivity index (χ2v) is 6.30. The van der Waals surface area contributed by atoms with Crippen molar-refractivity contribution < 1.29 is 0 Å². The minimum atomic E-state index is 0.135. The number of hydrogen-bond donors (Lipinski definition) is 1. The molecular weight excluding hydrogens is 324 g/mol. The summed E-state index contributed by atoms with van der Waals surface area (Å²) in [6.45, 7) is 6.81. The van der Waals surface area contributed by atoms with Gasteiger partial charge in [0, 0.05) is 25.3 Å². The van der Waals surface area contributed by atoms with Crippen LogP contribution in [0, 0.1) is 13.8 Å². The molecule has 126 valence electrons. The van der Waals surface area contributed by atoms with Gasteiger partial charge in [0.2, 0.25) is 0 Å². The molecular formula is C17H21ClN6. The molecule has 0 aliphatic carbocycles. The molecule has 0 radical (unpaired) electrons. The number of nitrogens with zero attached hydrogens (tertiary/aromatic N) is 5. The van der Waals surface area contributed by atoms with Crippen molar-refractivity contribution in [3.05, 3.63) is 58.4 Å². The van der Waals surface area contributed by atoms with Crippen molar-refractivity contribution in [1.29, 1.82) is 0 Å². The smallest absolute Gasteiger partial charge is 0.105 e. The van der Waals surface area contributed by atoms with Gasteiger partial charge in [-0.25, -0.2) is 9.67 Å². The molecule has 3 aromatic rings. The van der Waals surface area contributed by atoms with Gasteiger partial charge in [-0.1, -0.05) is 28.9 Å². The second-order valence-electron chi connectivity index (χ2n) is 5.90. The Bertz CT molecular complexity index is 851. The number of para-hydroxylation sites is 1. The molecule has 24 heavy (non-hydrogen) atoms. The molecule has 1 unspecified atom stereocenters. The highest BCUT2D eigenvalue weighted by molar-refractivity contribution is 6.32. The number of aromatic nitrogens is 5. The van der Waals surface area contributed by atoms with E-state index in [9.17, 15) is 0 Å². The van der Waals surface area contributed by atoms with E-state index in [2.05, 4.69) is 39.0 Å². The maximum absolute atomic E-state index is 6.20. The molecule has 0 fully saturated rings. The zero-order chi connectivity index (χ0) is 17.3. The lowest BCUT2D eigenvalue weighted by Gasteiger charge is -2.11. The monoisotopic (exact) mass is 344 g/mol. The normalized spacial score (nSPS) is 12.5. The Balaban J connectivity index is 1.69. The molecule has 0 spiro atoms. The van der Waals surface area contributed by atoms with Crippen LogP contribution in [0.4, 0.5) is 0 Å². The van der Waals surface area contributed by atoms with Gasteiger partial charge in [0.15, 0.2) is 0 Å². The zero-order valence-corrected chi connectivity index (χ0v) is 15.0. The Kier molecular flexibility index (Phi) is 4.69. The average Bonchev–Trinajstić information content (AvgIpc) is 3.14. The SMILES string of the molecule is Cc1nc(C(C)NCc2cn(-c3ccccc3Cl)nn2)c(C)n1C. The van der Waals surface area contributed by atoms with Gasteiger partial charge in [-0.15, -0.1) is 5.10 Å². The van der Waals surface area contributed by atoms with E-state index in [1.807, 2.05) is 44.4 Å². The molecule has 1 atom stereocenters. The summed E-state index contributed by atoms with van der Waals surface area (Å²) in [5, 5.41) is 12.5. The third-order valence-corrected chi connectivity index (χ3v) is 4.60. The van der Waals surface area contributed by atoms with Crippen LogP contribution in [0.5, 0.6) is 0 Å². The summed E-state index contributed by atoms with van der Waals surface area (Å²) in [5.74, 6) is 1.01. The molecule has 6 nitrogen and oxygen atoms in total. The Hall–Kier alpha value is -2.18. The fourth-order valence-electron chi connectivity index (χ4n) is 2.64. The molecule has 1 aromatic carbocycles. The van der Waals surface area contributed by atoms with Crippen LogP contribution in [0.15, 0.2) is 30.5 Å². The minimum Gasteiger partial charge on any atom is -0.335 e. The molecule has 0 saturated carbocycles. The van der Waals surface area contributed by atoms with Gasteiger partial charge in [-0.2, -0.15) is 0 Å². The van der Waals surface area contributed by atoms with Crippen LogP contribution < -0.4 is 5.32 Å². The number of aryl methyl sites for hydroxylation is 1. The summed E-state index contributed by atoms with van der Waals surface area (Å²) in [6.07, 6.45) is 1.89. The maximum Gasteiger partial charge on any atom is 0.105 e. The lowest BCUT2D eigenvalue weighted by atomic mass is 10.2. The average molecular weight is 345 g/mol. The molecule has 1 N–H and O–H groups in total. The molecule has 7 heteroatoms. The summed E-state index contributed by atoms with van der Waals surface area (Å²) in [5.41, 5.74) is 3.91. The summed E-state index contributed by atoms with van der Waals surface area (Å²) >= 11 is 6.20. The third kappa shape index (κ3) is 3.20. The number of hydrogen-bond acceptors (Lipinski definition) is 4. The molecule has 0 aliphatic heterocycles. The van der Waals surface area contributed by atoms with Crippen LogP contribution in [-0.2, 0) is 13.6 Å². The van der Waals surface area contributed by atoms with Gasteiger partial charge >= 0.3 is 0 Å². The zero-order valence-electron chi connectivity index (χ0n) is 14.3. The van der Waals surface area contributed by atoms with Gasteiger partial charge in [0.1, 0.15) is 5.82 Å². The number of benzene rings is 1. The number of nitrogens with one attached hydrogen (secondary N) is 1. The number of halogens is 1. The summed E-state index contributed by atoms with van der Waals surface area (Å²) < 4.78 is 3.79. The van der Waals surface area contributed by atoms with Crippen molar-refractivity contribution in [2.45, 2.75) is 33.4 Å². The Morgan fingerprint density at radius 1 is 1.25 bits per heavy atom. The van der Waals surface area contributed by atoms with Crippen molar-refractivity contribution in [2.24, 2.45) is 7.05 Å². The van der Waals surface area contributed by atoms with E-state index in [-0.39, 0.29) is 6.04 Å². The predicted octanol–water partition coefficient (Wildman–Crippen LogP) is 3.12. The van der Waals surface area contributed by atoms with Gasteiger partial charge < -0.3 is 9.88 Å². The second kappa shape index (κ2) is 6.75. The standard InChI is InChI=1S/C17H21ClN6/c1-11(17-12(2)23(4)13(3)20-17)19-9-14-10-24(22-21-14)16-8-6-5-7-15(16)18/h5-8,10-11,19H,9H2,1-4H3. The molecule has 0 aliphatic rings. The summed E-state index contributed by atoms with van der Waals surface area (Å²) in [7, 11) is 2.03. The van der Waals surface area contributed by atoms with Crippen molar-refractivity contribution >= 4 is 11.6 Å². The minimum absolute atomic E-state index is 0.135. The van der Waals surface area contributed by atoms with E-state index >= 15 is 0 Å². The highest BCUT2D eigenvalue weighted by Crippen LogP contribution is 2.19. The number of rotatable bonds is 5. The Morgan fingerprint density at radius 3 is 2.67 bits per heavy atom. The van der Waals surface area contributed by atoms with E-state index in [4.69, 9.17) is 11.6 Å². The largest absolute Gasteiger partial charge is 0.335 e. The van der Waals surface area contributed by atoms with Crippen LogP contribution in [0.25, 0.3) is 5.69 Å². The molecule has 3 rings (SSSR count). The lowest BCUT2D eigenvalue weighted by Crippen LogP contribution is -2.19. The first kappa shape index (κ1) is 16.7. The van der Waals surface area contributed by atoms with E-state index in [1.165, 1.54) is 5.69 Å². The van der Waals surface area contributed by atoms with E-state index < -0.39 is 0 Å². The number of imidazole rings is 1. The molecule has 0 bridgehead atoms. The van der Waals surface area contributed by atoms with E-state index in [0.717, 1.165) is 22.9 Å². The maximum atomic E-state index is 6.20. The molecule has 2 heterocycles. The van der Waals surface area contributed by atoms with E-state index in [1.54, 1.807) is 4.68 Å². The van der Waals surface area contributed by atoms with Crippen LogP contribution in [0.2, 0.25) is 5.02 Å². The van der Waals surface area contributed by atoms with Gasteiger partial charge in [0.25, 0.3) is 0 Å². The van der Waals surface area contributed by atoms with Crippen LogP contribution in [-0.4, -0.2) is 24.5 Å². The fourth-order valence-corrected chi connectivity index (χ4v) is 2.87. The first-order chi connectivity index (χ1) is 11.5. The van der Waals surface area contributed by atoms with Crippen molar-refractivity contribution in [3.63, 3.8) is 0 Å². The summed E-state index contributed by atoms with van der Waals surface area (Å²) in [6, 6.07) is 7.70.